The van der Waals surface area contributed by atoms with Gasteiger partial charge in [-0.1, -0.05) is 0 Å². The molecule has 1 unspecified atom stereocenters. The Hall–Kier alpha value is -0.880. The number of hydrogen-bond acceptors (Lipinski definition) is 4. The van der Waals surface area contributed by atoms with Gasteiger partial charge in [0.1, 0.15) is 4.47 Å². The van der Waals surface area contributed by atoms with E-state index in [0.29, 0.717) is 23.6 Å². The molecule has 1 atom stereocenters. The average molecular weight is 301 g/mol. The van der Waals surface area contributed by atoms with Crippen LogP contribution in [-0.4, -0.2) is 28.9 Å². The zero-order chi connectivity index (χ0) is 12.4. The summed E-state index contributed by atoms with van der Waals surface area (Å²) in [6, 6.07) is 0.324. The van der Waals surface area contributed by atoms with Crippen molar-refractivity contribution in [2.24, 2.45) is 5.73 Å². The number of rotatable bonds is 3. The third-order valence-electron chi connectivity index (χ3n) is 3.22. The van der Waals surface area contributed by atoms with E-state index in [1.807, 2.05) is 6.92 Å². The molecular weight excluding hydrogens is 284 g/mol. The van der Waals surface area contributed by atoms with Gasteiger partial charge in [0.15, 0.2) is 0 Å². The van der Waals surface area contributed by atoms with Crippen LogP contribution in [0.4, 0.5) is 5.69 Å². The monoisotopic (exact) mass is 300 g/mol. The summed E-state index contributed by atoms with van der Waals surface area (Å²) >= 11 is 3.38. The van der Waals surface area contributed by atoms with Gasteiger partial charge in [-0.15, -0.1) is 0 Å². The van der Waals surface area contributed by atoms with Crippen molar-refractivity contribution >= 4 is 21.6 Å². The second-order valence-corrected chi connectivity index (χ2v) is 4.98. The standard InChI is InChI=1S/C11H17BrN4O/c1-2-16-11(17)10(12)9(7-14-16)15-5-3-4-8(15)6-13/h7-8H,2-6,13H2,1H3. The number of halogens is 1. The molecule has 2 rings (SSSR count). The largest absolute Gasteiger partial charge is 0.365 e. The Bertz CT molecular complexity index is 459. The highest BCUT2D eigenvalue weighted by molar-refractivity contribution is 9.10. The Labute approximate surface area is 109 Å². The van der Waals surface area contributed by atoms with E-state index in [2.05, 4.69) is 25.9 Å². The van der Waals surface area contributed by atoms with Gasteiger partial charge in [-0.05, 0) is 35.7 Å². The van der Waals surface area contributed by atoms with Crippen molar-refractivity contribution in [3.63, 3.8) is 0 Å². The Morgan fingerprint density at radius 1 is 1.65 bits per heavy atom. The molecule has 0 aromatic carbocycles. The fourth-order valence-corrected chi connectivity index (χ4v) is 2.81. The average Bonchev–Trinajstić information content (AvgIpc) is 2.80. The Balaban J connectivity index is 2.39. The summed E-state index contributed by atoms with van der Waals surface area (Å²) in [5.74, 6) is 0. The number of hydrogen-bond donors (Lipinski definition) is 1. The summed E-state index contributed by atoms with van der Waals surface area (Å²) in [6.45, 7) is 4.04. The fraction of sp³-hybridized carbons (Fsp3) is 0.636. The molecule has 1 fully saturated rings. The molecule has 1 aromatic heterocycles. The molecule has 0 amide bonds. The van der Waals surface area contributed by atoms with E-state index in [1.54, 1.807) is 6.20 Å². The molecular formula is C11H17BrN4O. The molecule has 2 N–H and O–H groups in total. The SMILES string of the molecule is CCn1ncc(N2CCCC2CN)c(Br)c1=O. The van der Waals surface area contributed by atoms with Crippen LogP contribution in [-0.2, 0) is 6.54 Å². The second kappa shape index (κ2) is 5.18. The first-order valence-corrected chi connectivity index (χ1v) is 6.70. The van der Waals surface area contributed by atoms with Crippen LogP contribution in [0.3, 0.4) is 0 Å². The highest BCUT2D eigenvalue weighted by Gasteiger charge is 2.26. The molecule has 0 spiro atoms. The lowest BCUT2D eigenvalue weighted by Gasteiger charge is -2.26. The number of aryl methyl sites for hydroxylation is 1. The van der Waals surface area contributed by atoms with Crippen LogP contribution in [0.5, 0.6) is 0 Å². The third-order valence-corrected chi connectivity index (χ3v) is 3.97. The summed E-state index contributed by atoms with van der Waals surface area (Å²) in [5.41, 5.74) is 6.54. The van der Waals surface area contributed by atoms with Gasteiger partial charge in [-0.25, -0.2) is 4.68 Å². The van der Waals surface area contributed by atoms with Crippen LogP contribution in [0.15, 0.2) is 15.5 Å². The molecule has 1 aromatic rings. The van der Waals surface area contributed by atoms with Crippen LogP contribution in [0.2, 0.25) is 0 Å². The van der Waals surface area contributed by atoms with Crippen LogP contribution >= 0.6 is 15.9 Å². The van der Waals surface area contributed by atoms with Crippen molar-refractivity contribution in [1.82, 2.24) is 9.78 Å². The van der Waals surface area contributed by atoms with Crippen LogP contribution in [0.1, 0.15) is 19.8 Å². The molecule has 94 valence electrons. The predicted molar refractivity (Wildman–Crippen MR) is 71.3 cm³/mol. The van der Waals surface area contributed by atoms with Gasteiger partial charge < -0.3 is 10.6 Å². The summed E-state index contributed by atoms with van der Waals surface area (Å²) in [4.78, 5) is 14.1. The first kappa shape index (κ1) is 12.6. The van der Waals surface area contributed by atoms with Crippen LogP contribution in [0, 0.1) is 0 Å². The molecule has 2 heterocycles. The smallest absolute Gasteiger partial charge is 0.283 e. The fourth-order valence-electron chi connectivity index (χ4n) is 2.28. The quantitative estimate of drug-likeness (QED) is 0.903. The molecule has 0 radical (unpaired) electrons. The third kappa shape index (κ3) is 2.24. The lowest BCUT2D eigenvalue weighted by Crippen LogP contribution is -2.37. The van der Waals surface area contributed by atoms with Crippen molar-refractivity contribution in [1.29, 1.82) is 0 Å². The molecule has 0 bridgehead atoms. The van der Waals surface area contributed by atoms with E-state index in [9.17, 15) is 4.79 Å². The molecule has 1 saturated heterocycles. The molecule has 6 heteroatoms. The Kier molecular flexibility index (Phi) is 3.83. The molecule has 0 saturated carbocycles. The minimum Gasteiger partial charge on any atom is -0.365 e. The highest BCUT2D eigenvalue weighted by Crippen LogP contribution is 2.28. The van der Waals surface area contributed by atoms with Gasteiger partial charge in [-0.3, -0.25) is 4.79 Å². The minimum absolute atomic E-state index is 0.0762. The number of aromatic nitrogens is 2. The van der Waals surface area contributed by atoms with Gasteiger partial charge in [0, 0.05) is 25.7 Å². The van der Waals surface area contributed by atoms with E-state index >= 15 is 0 Å². The second-order valence-electron chi connectivity index (χ2n) is 4.19. The van der Waals surface area contributed by atoms with Crippen molar-refractivity contribution in [2.45, 2.75) is 32.4 Å². The molecule has 0 aliphatic carbocycles. The normalized spacial score (nSPS) is 19.9. The molecule has 17 heavy (non-hydrogen) atoms. The number of nitrogens with two attached hydrogens (primary N) is 1. The maximum Gasteiger partial charge on any atom is 0.283 e. The number of anilines is 1. The Morgan fingerprint density at radius 3 is 3.06 bits per heavy atom. The molecule has 5 nitrogen and oxygen atoms in total. The maximum atomic E-state index is 12.0. The van der Waals surface area contributed by atoms with Gasteiger partial charge in [0.2, 0.25) is 0 Å². The van der Waals surface area contributed by atoms with E-state index in [1.165, 1.54) is 4.68 Å². The van der Waals surface area contributed by atoms with E-state index in [-0.39, 0.29) is 5.56 Å². The summed E-state index contributed by atoms with van der Waals surface area (Å²) in [6.07, 6.45) is 3.95. The lowest BCUT2D eigenvalue weighted by atomic mass is 10.2. The minimum atomic E-state index is -0.0762. The summed E-state index contributed by atoms with van der Waals surface area (Å²) in [5, 5.41) is 4.16. The zero-order valence-corrected chi connectivity index (χ0v) is 11.5. The van der Waals surface area contributed by atoms with E-state index in [4.69, 9.17) is 5.73 Å². The predicted octanol–water partition coefficient (Wildman–Crippen LogP) is 0.953. The molecule has 1 aliphatic rings. The van der Waals surface area contributed by atoms with Gasteiger partial charge >= 0.3 is 0 Å². The topological polar surface area (TPSA) is 64.2 Å². The summed E-state index contributed by atoms with van der Waals surface area (Å²) in [7, 11) is 0. The van der Waals surface area contributed by atoms with Crippen molar-refractivity contribution in [2.75, 3.05) is 18.0 Å². The lowest BCUT2D eigenvalue weighted by molar-refractivity contribution is 0.605. The maximum absolute atomic E-state index is 12.0. The first-order valence-electron chi connectivity index (χ1n) is 5.91. The highest BCUT2D eigenvalue weighted by atomic mass is 79.9. The first-order chi connectivity index (χ1) is 8.19. The molecule has 1 aliphatic heterocycles. The van der Waals surface area contributed by atoms with Crippen molar-refractivity contribution < 1.29 is 0 Å². The van der Waals surface area contributed by atoms with E-state index < -0.39 is 0 Å². The Morgan fingerprint density at radius 2 is 2.41 bits per heavy atom. The van der Waals surface area contributed by atoms with Crippen LogP contribution < -0.4 is 16.2 Å². The van der Waals surface area contributed by atoms with Crippen molar-refractivity contribution in [3.8, 4) is 0 Å². The van der Waals surface area contributed by atoms with Gasteiger partial charge in [0.05, 0.1) is 11.9 Å². The van der Waals surface area contributed by atoms with Gasteiger partial charge in [0.25, 0.3) is 5.56 Å². The number of nitrogens with zero attached hydrogens (tertiary/aromatic N) is 3. The summed E-state index contributed by atoms with van der Waals surface area (Å²) < 4.78 is 2.04. The van der Waals surface area contributed by atoms with E-state index in [0.717, 1.165) is 25.1 Å². The van der Waals surface area contributed by atoms with Gasteiger partial charge in [-0.2, -0.15) is 5.10 Å². The van der Waals surface area contributed by atoms with Crippen LogP contribution in [0.25, 0.3) is 0 Å². The zero-order valence-electron chi connectivity index (χ0n) is 9.90. The van der Waals surface area contributed by atoms with Crippen molar-refractivity contribution in [3.05, 3.63) is 21.0 Å².